The Labute approximate surface area is 190 Å². The van der Waals surface area contributed by atoms with Crippen molar-refractivity contribution in [2.75, 3.05) is 68.2 Å². The zero-order valence-corrected chi connectivity index (χ0v) is 19.5. The van der Waals surface area contributed by atoms with Crippen molar-refractivity contribution in [3.05, 3.63) is 47.5 Å². The molecule has 8 nitrogen and oxygen atoms in total. The molecule has 0 spiro atoms. The van der Waals surface area contributed by atoms with Gasteiger partial charge in [-0.1, -0.05) is 12.1 Å². The molecule has 32 heavy (non-hydrogen) atoms. The molecule has 174 valence electrons. The number of piperazine rings is 1. The molecule has 1 fully saturated rings. The third kappa shape index (κ3) is 5.44. The molecule has 1 aliphatic heterocycles. The molecule has 1 N–H and O–H groups in total. The summed E-state index contributed by atoms with van der Waals surface area (Å²) in [5.41, 5.74) is 1.59. The van der Waals surface area contributed by atoms with E-state index in [4.69, 9.17) is 18.9 Å². The lowest BCUT2D eigenvalue weighted by Crippen LogP contribution is -2.48. The number of benzene rings is 2. The van der Waals surface area contributed by atoms with Gasteiger partial charge in [0.25, 0.3) is 5.91 Å². The zero-order chi connectivity index (χ0) is 23.1. The van der Waals surface area contributed by atoms with Gasteiger partial charge in [0.2, 0.25) is 5.75 Å². The van der Waals surface area contributed by atoms with E-state index in [0.29, 0.717) is 29.4 Å². The molecule has 1 heterocycles. The van der Waals surface area contributed by atoms with Crippen LogP contribution in [0.1, 0.15) is 22.0 Å². The van der Waals surface area contributed by atoms with E-state index < -0.39 is 0 Å². The first-order valence-electron chi connectivity index (χ1n) is 10.7. The monoisotopic (exact) mass is 443 g/mol. The van der Waals surface area contributed by atoms with Crippen molar-refractivity contribution in [2.24, 2.45) is 0 Å². The number of carbonyl (C=O) groups excluding carboxylic acids is 1. The van der Waals surface area contributed by atoms with Crippen molar-refractivity contribution in [3.63, 3.8) is 0 Å². The van der Waals surface area contributed by atoms with Gasteiger partial charge in [0.05, 0.1) is 34.5 Å². The van der Waals surface area contributed by atoms with E-state index in [-0.39, 0.29) is 11.9 Å². The second-order valence-electron chi connectivity index (χ2n) is 7.75. The summed E-state index contributed by atoms with van der Waals surface area (Å²) in [6.45, 7) is 4.34. The molecule has 0 saturated carbocycles. The molecular formula is C24H33N3O5. The van der Waals surface area contributed by atoms with Gasteiger partial charge >= 0.3 is 0 Å². The number of carbonyl (C=O) groups is 1. The molecule has 3 rings (SSSR count). The van der Waals surface area contributed by atoms with Crippen LogP contribution >= 0.6 is 0 Å². The van der Waals surface area contributed by atoms with Crippen molar-refractivity contribution in [3.8, 4) is 23.0 Å². The summed E-state index contributed by atoms with van der Waals surface area (Å²) >= 11 is 0. The van der Waals surface area contributed by atoms with Gasteiger partial charge in [-0.3, -0.25) is 9.69 Å². The van der Waals surface area contributed by atoms with E-state index >= 15 is 0 Å². The maximum absolute atomic E-state index is 13.0. The van der Waals surface area contributed by atoms with Crippen LogP contribution in [-0.4, -0.2) is 83.9 Å². The lowest BCUT2D eigenvalue weighted by Gasteiger charge is -2.38. The number of rotatable bonds is 9. The average molecular weight is 444 g/mol. The standard InChI is InChI=1S/C24H33N3O5/c1-26-10-12-27(13-11-26)20(17-6-8-19(29-2)9-7-17)16-25-24(28)18-14-21(30-3)23(32-5)22(15-18)31-4/h6-9,14-15,20H,10-13,16H2,1-5H3,(H,25,28). The highest BCUT2D eigenvalue weighted by molar-refractivity contribution is 5.95. The second kappa shape index (κ2) is 11.1. The molecule has 8 heteroatoms. The first-order chi connectivity index (χ1) is 15.5. The minimum absolute atomic E-state index is 0.0561. The minimum Gasteiger partial charge on any atom is -0.497 e. The van der Waals surface area contributed by atoms with Gasteiger partial charge in [-0.15, -0.1) is 0 Å². The molecule has 0 aromatic heterocycles. The summed E-state index contributed by atoms with van der Waals surface area (Å²) in [6.07, 6.45) is 0. The maximum atomic E-state index is 13.0. The Bertz CT molecular complexity index is 870. The lowest BCUT2D eigenvalue weighted by atomic mass is 10.0. The zero-order valence-electron chi connectivity index (χ0n) is 19.5. The van der Waals surface area contributed by atoms with E-state index in [1.165, 1.54) is 21.3 Å². The molecule has 1 unspecified atom stereocenters. The molecule has 0 radical (unpaired) electrons. The van der Waals surface area contributed by atoms with Gasteiger partial charge in [-0.25, -0.2) is 0 Å². The quantitative estimate of drug-likeness (QED) is 0.638. The van der Waals surface area contributed by atoms with Crippen LogP contribution in [0.15, 0.2) is 36.4 Å². The number of nitrogens with zero attached hydrogens (tertiary/aromatic N) is 2. The number of hydrogen-bond donors (Lipinski definition) is 1. The molecule has 0 bridgehead atoms. The largest absolute Gasteiger partial charge is 0.497 e. The predicted octanol–water partition coefficient (Wildman–Crippen LogP) is 2.44. The van der Waals surface area contributed by atoms with Gasteiger partial charge in [0, 0.05) is 38.3 Å². The van der Waals surface area contributed by atoms with Crippen LogP contribution in [0.4, 0.5) is 0 Å². The third-order valence-corrected chi connectivity index (χ3v) is 5.86. The summed E-state index contributed by atoms with van der Waals surface area (Å²) < 4.78 is 21.4. The molecule has 2 aromatic rings. The van der Waals surface area contributed by atoms with Crippen molar-refractivity contribution in [2.45, 2.75) is 6.04 Å². The molecule has 1 atom stereocenters. The first kappa shape index (κ1) is 23.7. The highest BCUT2D eigenvalue weighted by Gasteiger charge is 2.25. The van der Waals surface area contributed by atoms with Crippen LogP contribution in [0.2, 0.25) is 0 Å². The molecular weight excluding hydrogens is 410 g/mol. The summed E-state index contributed by atoms with van der Waals surface area (Å²) in [5.74, 6) is 1.97. The number of likely N-dealkylation sites (N-methyl/N-ethyl adjacent to an activating group) is 1. The Kier molecular flexibility index (Phi) is 8.19. The van der Waals surface area contributed by atoms with Crippen LogP contribution in [0, 0.1) is 0 Å². The van der Waals surface area contributed by atoms with Crippen LogP contribution in [-0.2, 0) is 0 Å². The second-order valence-corrected chi connectivity index (χ2v) is 7.75. The molecule has 1 saturated heterocycles. The SMILES string of the molecule is COc1ccc(C(CNC(=O)c2cc(OC)c(OC)c(OC)c2)N2CCN(C)CC2)cc1. The topological polar surface area (TPSA) is 72.5 Å². The van der Waals surface area contributed by atoms with Gasteiger partial charge in [-0.2, -0.15) is 0 Å². The Morgan fingerprint density at radius 1 is 0.906 bits per heavy atom. The fourth-order valence-electron chi connectivity index (χ4n) is 3.92. The maximum Gasteiger partial charge on any atom is 0.251 e. The van der Waals surface area contributed by atoms with Crippen molar-refractivity contribution in [1.82, 2.24) is 15.1 Å². The van der Waals surface area contributed by atoms with E-state index in [1.807, 2.05) is 12.1 Å². The molecule has 1 amide bonds. The fourth-order valence-corrected chi connectivity index (χ4v) is 3.92. The van der Waals surface area contributed by atoms with Crippen molar-refractivity contribution in [1.29, 1.82) is 0 Å². The normalized spacial score (nSPS) is 15.7. The summed E-state index contributed by atoms with van der Waals surface area (Å²) in [4.78, 5) is 17.8. The first-order valence-corrected chi connectivity index (χ1v) is 10.7. The minimum atomic E-state index is -0.197. The average Bonchev–Trinajstić information content (AvgIpc) is 2.84. The van der Waals surface area contributed by atoms with Crippen LogP contribution in [0.25, 0.3) is 0 Å². The predicted molar refractivity (Wildman–Crippen MR) is 123 cm³/mol. The smallest absolute Gasteiger partial charge is 0.251 e. The van der Waals surface area contributed by atoms with Crippen LogP contribution in [0.3, 0.4) is 0 Å². The number of hydrogen-bond acceptors (Lipinski definition) is 7. The number of ether oxygens (including phenoxy) is 4. The highest BCUT2D eigenvalue weighted by atomic mass is 16.5. The Morgan fingerprint density at radius 3 is 2.00 bits per heavy atom. The number of methoxy groups -OCH3 is 4. The Balaban J connectivity index is 1.80. The van der Waals surface area contributed by atoms with E-state index in [0.717, 1.165) is 37.5 Å². The lowest BCUT2D eigenvalue weighted by molar-refractivity contribution is 0.0885. The van der Waals surface area contributed by atoms with Crippen molar-refractivity contribution >= 4 is 5.91 Å². The van der Waals surface area contributed by atoms with Gasteiger partial charge < -0.3 is 29.2 Å². The van der Waals surface area contributed by atoms with Crippen molar-refractivity contribution < 1.29 is 23.7 Å². The van der Waals surface area contributed by atoms with Gasteiger partial charge in [0.15, 0.2) is 11.5 Å². The fraction of sp³-hybridized carbons (Fsp3) is 0.458. The van der Waals surface area contributed by atoms with E-state index in [9.17, 15) is 4.79 Å². The summed E-state index contributed by atoms with van der Waals surface area (Å²) in [6, 6.07) is 11.4. The Morgan fingerprint density at radius 2 is 1.50 bits per heavy atom. The van der Waals surface area contributed by atoms with E-state index in [2.05, 4.69) is 34.3 Å². The summed E-state index contributed by atoms with van der Waals surface area (Å²) in [5, 5.41) is 3.10. The van der Waals surface area contributed by atoms with Crippen LogP contribution < -0.4 is 24.3 Å². The molecule has 1 aliphatic rings. The van der Waals surface area contributed by atoms with Crippen LogP contribution in [0.5, 0.6) is 23.0 Å². The van der Waals surface area contributed by atoms with Gasteiger partial charge in [0.1, 0.15) is 5.75 Å². The number of nitrogens with one attached hydrogen (secondary N) is 1. The number of amides is 1. The molecule has 2 aromatic carbocycles. The Hall–Kier alpha value is -2.97. The third-order valence-electron chi connectivity index (χ3n) is 5.86. The molecule has 0 aliphatic carbocycles. The van der Waals surface area contributed by atoms with Gasteiger partial charge in [-0.05, 0) is 36.9 Å². The summed E-state index contributed by atoms with van der Waals surface area (Å²) in [7, 11) is 8.39. The van der Waals surface area contributed by atoms with E-state index in [1.54, 1.807) is 19.2 Å². The highest BCUT2D eigenvalue weighted by Crippen LogP contribution is 2.38.